The van der Waals surface area contributed by atoms with Gasteiger partial charge in [-0.05, 0) is 36.4 Å². The summed E-state index contributed by atoms with van der Waals surface area (Å²) in [4.78, 5) is 36.0. The minimum absolute atomic E-state index is 0.0758. The maximum atomic E-state index is 13.1. The van der Waals surface area contributed by atoms with E-state index in [1.807, 2.05) is 0 Å². The highest BCUT2D eigenvalue weighted by molar-refractivity contribution is 6.31. The zero-order valence-electron chi connectivity index (χ0n) is 15.2. The number of halogens is 2. The van der Waals surface area contributed by atoms with Gasteiger partial charge in [-0.15, -0.1) is 0 Å². The van der Waals surface area contributed by atoms with Crippen molar-refractivity contribution >= 4 is 34.9 Å². The van der Waals surface area contributed by atoms with E-state index >= 15 is 0 Å². The molecule has 9 heteroatoms. The van der Waals surface area contributed by atoms with E-state index in [0.29, 0.717) is 5.56 Å². The summed E-state index contributed by atoms with van der Waals surface area (Å²) in [5.74, 6) is -2.26. The van der Waals surface area contributed by atoms with E-state index in [0.717, 1.165) is 24.3 Å². The first-order chi connectivity index (χ1) is 14.3. The summed E-state index contributed by atoms with van der Waals surface area (Å²) in [5, 5.41) is 13.9. The molecule has 0 heterocycles. The molecule has 1 atom stereocenters. The highest BCUT2D eigenvalue weighted by Gasteiger charge is 2.29. The molecular formula is C21H14ClFN2O5. The minimum atomic E-state index is -1.40. The fourth-order valence-corrected chi connectivity index (χ4v) is 2.81. The van der Waals surface area contributed by atoms with Crippen LogP contribution in [0.2, 0.25) is 5.02 Å². The lowest BCUT2D eigenvalue weighted by molar-refractivity contribution is -0.385. The zero-order chi connectivity index (χ0) is 21.7. The molecule has 30 heavy (non-hydrogen) atoms. The highest BCUT2D eigenvalue weighted by Crippen LogP contribution is 2.27. The van der Waals surface area contributed by atoms with Crippen molar-refractivity contribution < 1.29 is 23.6 Å². The molecule has 0 aromatic heterocycles. The molecule has 0 spiro atoms. The van der Waals surface area contributed by atoms with E-state index in [-0.39, 0.29) is 16.3 Å². The standard InChI is InChI=1S/C21H14ClFN2O5/c22-14-6-11-17(18(12-14)25(28)29)21(27)30-19(13-4-2-1-3-5-13)20(26)24-16-9-7-15(23)8-10-16/h1-12,19H,(H,24,26). The lowest BCUT2D eigenvalue weighted by Crippen LogP contribution is -2.26. The minimum Gasteiger partial charge on any atom is -0.443 e. The first-order valence-electron chi connectivity index (χ1n) is 8.61. The van der Waals surface area contributed by atoms with Crippen LogP contribution in [0.25, 0.3) is 0 Å². The van der Waals surface area contributed by atoms with Gasteiger partial charge in [0.1, 0.15) is 11.4 Å². The van der Waals surface area contributed by atoms with Gasteiger partial charge in [0.15, 0.2) is 0 Å². The molecule has 0 saturated carbocycles. The van der Waals surface area contributed by atoms with E-state index in [4.69, 9.17) is 16.3 Å². The monoisotopic (exact) mass is 428 g/mol. The van der Waals surface area contributed by atoms with Crippen molar-refractivity contribution in [1.29, 1.82) is 0 Å². The summed E-state index contributed by atoms with van der Waals surface area (Å²) in [6, 6.07) is 16.6. The number of amides is 1. The largest absolute Gasteiger partial charge is 0.443 e. The van der Waals surface area contributed by atoms with Crippen LogP contribution in [0.4, 0.5) is 15.8 Å². The Morgan fingerprint density at radius 1 is 1.03 bits per heavy atom. The van der Waals surface area contributed by atoms with Crippen LogP contribution in [0, 0.1) is 15.9 Å². The first kappa shape index (κ1) is 20.9. The Bertz CT molecular complexity index is 1090. The molecule has 0 radical (unpaired) electrons. The summed E-state index contributed by atoms with van der Waals surface area (Å²) in [6.07, 6.45) is -1.40. The molecule has 0 aliphatic carbocycles. The predicted molar refractivity (Wildman–Crippen MR) is 108 cm³/mol. The summed E-state index contributed by atoms with van der Waals surface area (Å²) in [5.41, 5.74) is -0.254. The molecule has 0 aliphatic heterocycles. The Hall–Kier alpha value is -3.78. The number of nitro benzene ring substituents is 1. The van der Waals surface area contributed by atoms with Crippen LogP contribution in [0.1, 0.15) is 22.0 Å². The number of esters is 1. The number of hydrogen-bond donors (Lipinski definition) is 1. The number of ether oxygens (including phenoxy) is 1. The molecule has 0 bridgehead atoms. The topological polar surface area (TPSA) is 98.5 Å². The average Bonchev–Trinajstić information content (AvgIpc) is 2.74. The predicted octanol–water partition coefficient (Wildman–Crippen LogP) is 4.92. The van der Waals surface area contributed by atoms with Crippen molar-refractivity contribution in [1.82, 2.24) is 0 Å². The van der Waals surface area contributed by atoms with Crippen molar-refractivity contribution in [3.63, 3.8) is 0 Å². The number of anilines is 1. The van der Waals surface area contributed by atoms with E-state index in [2.05, 4.69) is 5.32 Å². The van der Waals surface area contributed by atoms with Gasteiger partial charge in [0.25, 0.3) is 11.6 Å². The van der Waals surface area contributed by atoms with Crippen molar-refractivity contribution in [3.8, 4) is 0 Å². The molecule has 1 N–H and O–H groups in total. The van der Waals surface area contributed by atoms with Crippen LogP contribution in [-0.4, -0.2) is 16.8 Å². The van der Waals surface area contributed by atoms with E-state index in [1.165, 1.54) is 18.2 Å². The Morgan fingerprint density at radius 3 is 2.33 bits per heavy atom. The smallest absolute Gasteiger partial charge is 0.346 e. The molecule has 1 unspecified atom stereocenters. The van der Waals surface area contributed by atoms with Gasteiger partial charge in [-0.1, -0.05) is 41.9 Å². The Kier molecular flexibility index (Phi) is 6.38. The van der Waals surface area contributed by atoms with Crippen LogP contribution in [0.5, 0.6) is 0 Å². The quantitative estimate of drug-likeness (QED) is 0.341. The Balaban J connectivity index is 1.90. The number of nitrogens with one attached hydrogen (secondary N) is 1. The lowest BCUT2D eigenvalue weighted by atomic mass is 10.1. The average molecular weight is 429 g/mol. The second-order valence-corrected chi connectivity index (χ2v) is 6.55. The lowest BCUT2D eigenvalue weighted by Gasteiger charge is -2.18. The van der Waals surface area contributed by atoms with Crippen molar-refractivity contribution in [2.45, 2.75) is 6.10 Å². The van der Waals surface area contributed by atoms with E-state index < -0.39 is 34.4 Å². The van der Waals surface area contributed by atoms with Gasteiger partial charge in [0.05, 0.1) is 4.92 Å². The number of benzene rings is 3. The van der Waals surface area contributed by atoms with Gasteiger partial charge in [0, 0.05) is 22.3 Å². The van der Waals surface area contributed by atoms with Gasteiger partial charge in [-0.25, -0.2) is 9.18 Å². The molecule has 0 fully saturated rings. The summed E-state index contributed by atoms with van der Waals surface area (Å²) in [7, 11) is 0. The third kappa shape index (κ3) is 4.98. The number of carbonyl (C=O) groups excluding carboxylic acids is 2. The normalized spacial score (nSPS) is 11.4. The summed E-state index contributed by atoms with van der Waals surface area (Å²) >= 11 is 5.77. The molecule has 0 aliphatic rings. The molecule has 1 amide bonds. The van der Waals surface area contributed by atoms with Crippen LogP contribution in [0.15, 0.2) is 72.8 Å². The molecule has 3 rings (SSSR count). The third-order valence-electron chi connectivity index (χ3n) is 4.05. The first-order valence-corrected chi connectivity index (χ1v) is 8.99. The fourth-order valence-electron chi connectivity index (χ4n) is 2.64. The number of carbonyl (C=O) groups is 2. The Morgan fingerprint density at radius 2 is 1.70 bits per heavy atom. The van der Waals surface area contributed by atoms with Gasteiger partial charge < -0.3 is 10.1 Å². The number of hydrogen-bond acceptors (Lipinski definition) is 5. The highest BCUT2D eigenvalue weighted by atomic mass is 35.5. The molecule has 3 aromatic rings. The molecular weight excluding hydrogens is 415 g/mol. The number of nitro groups is 1. The number of nitrogens with zero attached hydrogens (tertiary/aromatic N) is 1. The molecule has 3 aromatic carbocycles. The second kappa shape index (κ2) is 9.15. The summed E-state index contributed by atoms with van der Waals surface area (Å²) < 4.78 is 18.4. The van der Waals surface area contributed by atoms with E-state index in [1.54, 1.807) is 30.3 Å². The molecule has 152 valence electrons. The zero-order valence-corrected chi connectivity index (χ0v) is 16.0. The van der Waals surface area contributed by atoms with Crippen LogP contribution >= 0.6 is 11.6 Å². The van der Waals surface area contributed by atoms with Crippen LogP contribution in [0.3, 0.4) is 0 Å². The second-order valence-electron chi connectivity index (χ2n) is 6.11. The van der Waals surface area contributed by atoms with Crippen LogP contribution in [-0.2, 0) is 9.53 Å². The maximum Gasteiger partial charge on any atom is 0.346 e. The fraction of sp³-hybridized carbons (Fsp3) is 0.0476. The van der Waals surface area contributed by atoms with Gasteiger partial charge in [0.2, 0.25) is 6.10 Å². The van der Waals surface area contributed by atoms with Crippen molar-refractivity contribution in [2.24, 2.45) is 0 Å². The maximum absolute atomic E-state index is 13.1. The van der Waals surface area contributed by atoms with Gasteiger partial charge in [-0.2, -0.15) is 0 Å². The van der Waals surface area contributed by atoms with Crippen LogP contribution < -0.4 is 5.32 Å². The SMILES string of the molecule is O=C(OC(C(=O)Nc1ccc(F)cc1)c1ccccc1)c1ccc(Cl)cc1[N+](=O)[O-]. The van der Waals surface area contributed by atoms with Gasteiger partial charge >= 0.3 is 5.97 Å². The number of rotatable bonds is 6. The summed E-state index contributed by atoms with van der Waals surface area (Å²) in [6.45, 7) is 0. The van der Waals surface area contributed by atoms with Crippen molar-refractivity contribution in [2.75, 3.05) is 5.32 Å². The van der Waals surface area contributed by atoms with E-state index in [9.17, 15) is 24.1 Å². The molecule has 0 saturated heterocycles. The third-order valence-corrected chi connectivity index (χ3v) is 4.29. The Labute approximate surface area is 175 Å². The van der Waals surface area contributed by atoms with Crippen molar-refractivity contribution in [3.05, 3.63) is 105 Å². The van der Waals surface area contributed by atoms with Gasteiger partial charge in [-0.3, -0.25) is 14.9 Å². The molecule has 7 nitrogen and oxygen atoms in total.